The molecule has 1 aliphatic carbocycles. The predicted molar refractivity (Wildman–Crippen MR) is 72.7 cm³/mol. The van der Waals surface area contributed by atoms with Gasteiger partial charge in [0, 0.05) is 24.5 Å². The lowest BCUT2D eigenvalue weighted by molar-refractivity contribution is 0.0932. The number of hydrogen-bond acceptors (Lipinski definition) is 3. The van der Waals surface area contributed by atoms with Crippen molar-refractivity contribution in [2.45, 2.75) is 39.2 Å². The molecule has 1 aromatic rings. The minimum atomic E-state index is -0.0806. The molecule has 4 nitrogen and oxygen atoms in total. The van der Waals surface area contributed by atoms with E-state index < -0.39 is 0 Å². The smallest absolute Gasteiger partial charge is 0.270 e. The number of hydrogen-bond donors (Lipinski definition) is 2. The van der Waals surface area contributed by atoms with Gasteiger partial charge in [-0.2, -0.15) is 0 Å². The Morgan fingerprint density at radius 3 is 3.00 bits per heavy atom. The molecule has 1 aromatic heterocycles. The van der Waals surface area contributed by atoms with Crippen LogP contribution in [0.2, 0.25) is 0 Å². The Morgan fingerprint density at radius 2 is 2.33 bits per heavy atom. The molecule has 2 N–H and O–H groups in total. The van der Waals surface area contributed by atoms with Gasteiger partial charge < -0.3 is 10.6 Å². The molecule has 0 spiro atoms. The highest BCUT2D eigenvalue weighted by molar-refractivity contribution is 5.93. The molecule has 0 aromatic carbocycles. The molecule has 1 aliphatic rings. The Morgan fingerprint density at radius 1 is 1.56 bits per heavy atom. The molecule has 18 heavy (non-hydrogen) atoms. The lowest BCUT2D eigenvalue weighted by Crippen LogP contribution is -2.33. The van der Waals surface area contributed by atoms with E-state index in [-0.39, 0.29) is 11.9 Å². The number of pyridine rings is 1. The van der Waals surface area contributed by atoms with E-state index >= 15 is 0 Å². The van der Waals surface area contributed by atoms with Crippen molar-refractivity contribution < 1.29 is 4.79 Å². The van der Waals surface area contributed by atoms with Crippen molar-refractivity contribution in [3.8, 4) is 0 Å². The zero-order valence-electron chi connectivity index (χ0n) is 11.1. The van der Waals surface area contributed by atoms with Crippen LogP contribution in [0.4, 0.5) is 5.69 Å². The summed E-state index contributed by atoms with van der Waals surface area (Å²) in [4.78, 5) is 16.1. The van der Waals surface area contributed by atoms with Gasteiger partial charge in [-0.25, -0.2) is 0 Å². The van der Waals surface area contributed by atoms with Gasteiger partial charge in [0.15, 0.2) is 0 Å². The lowest BCUT2D eigenvalue weighted by Gasteiger charge is -2.13. The topological polar surface area (TPSA) is 54.0 Å². The molecular weight excluding hydrogens is 226 g/mol. The number of nitrogens with zero attached hydrogens (tertiary/aromatic N) is 1. The number of carbonyl (C=O) groups is 1. The van der Waals surface area contributed by atoms with E-state index in [1.807, 2.05) is 13.0 Å². The van der Waals surface area contributed by atoms with Crippen LogP contribution >= 0.6 is 0 Å². The van der Waals surface area contributed by atoms with Crippen molar-refractivity contribution >= 4 is 11.6 Å². The molecular formula is C14H21N3O. The first-order valence-electron chi connectivity index (χ1n) is 6.69. The fourth-order valence-electron chi connectivity index (χ4n) is 2.08. The summed E-state index contributed by atoms with van der Waals surface area (Å²) in [6.07, 6.45) is 5.37. The van der Waals surface area contributed by atoms with Crippen LogP contribution in [0.25, 0.3) is 0 Å². The molecule has 4 heteroatoms. The summed E-state index contributed by atoms with van der Waals surface area (Å²) in [6.45, 7) is 4.92. The van der Waals surface area contributed by atoms with Crippen LogP contribution in [0.5, 0.6) is 0 Å². The van der Waals surface area contributed by atoms with E-state index in [2.05, 4.69) is 22.5 Å². The second-order valence-corrected chi connectivity index (χ2v) is 5.01. The first-order valence-corrected chi connectivity index (χ1v) is 6.69. The zero-order chi connectivity index (χ0) is 13.0. The quantitative estimate of drug-likeness (QED) is 0.811. The Hall–Kier alpha value is -1.58. The number of carbonyl (C=O) groups excluding carboxylic acids is 1. The van der Waals surface area contributed by atoms with Crippen LogP contribution in [-0.2, 0) is 0 Å². The maximum atomic E-state index is 12.0. The first-order chi connectivity index (χ1) is 8.69. The molecule has 0 aliphatic heterocycles. The molecule has 1 amide bonds. The number of anilines is 1. The van der Waals surface area contributed by atoms with E-state index in [9.17, 15) is 4.79 Å². The summed E-state index contributed by atoms with van der Waals surface area (Å²) >= 11 is 0. The number of nitrogens with one attached hydrogen (secondary N) is 2. The third-order valence-corrected chi connectivity index (χ3v) is 3.13. The largest absolute Gasteiger partial charge is 0.385 e. The lowest BCUT2D eigenvalue weighted by atomic mass is 10.1. The standard InChI is InChI=1S/C14H21N3O/c1-3-15-12-6-7-16-13(9-12)14(18)17-10(2)8-11-4-5-11/h6-7,9-11H,3-5,8H2,1-2H3,(H,15,16)(H,17,18). The Balaban J connectivity index is 1.92. The first kappa shape index (κ1) is 12.9. The zero-order valence-corrected chi connectivity index (χ0v) is 11.1. The van der Waals surface area contributed by atoms with Crippen LogP contribution in [0.1, 0.15) is 43.6 Å². The van der Waals surface area contributed by atoms with Gasteiger partial charge in [-0.15, -0.1) is 0 Å². The van der Waals surface area contributed by atoms with Crippen molar-refractivity contribution in [1.82, 2.24) is 10.3 Å². The minimum Gasteiger partial charge on any atom is -0.385 e. The third-order valence-electron chi connectivity index (χ3n) is 3.13. The summed E-state index contributed by atoms with van der Waals surface area (Å²) in [5, 5.41) is 6.19. The SMILES string of the molecule is CCNc1ccnc(C(=O)NC(C)CC2CC2)c1. The van der Waals surface area contributed by atoms with Gasteiger partial charge >= 0.3 is 0 Å². The summed E-state index contributed by atoms with van der Waals surface area (Å²) in [5.41, 5.74) is 1.42. The third kappa shape index (κ3) is 3.72. The Bertz CT molecular complexity index is 415. The normalized spacial score (nSPS) is 16.1. The van der Waals surface area contributed by atoms with Crippen molar-refractivity contribution in [1.29, 1.82) is 0 Å². The van der Waals surface area contributed by atoms with Gasteiger partial charge in [0.1, 0.15) is 5.69 Å². The van der Waals surface area contributed by atoms with E-state index in [1.54, 1.807) is 12.3 Å². The fourth-order valence-corrected chi connectivity index (χ4v) is 2.08. The minimum absolute atomic E-state index is 0.0806. The van der Waals surface area contributed by atoms with Gasteiger partial charge in [0.25, 0.3) is 5.91 Å². The van der Waals surface area contributed by atoms with Crippen LogP contribution in [-0.4, -0.2) is 23.5 Å². The summed E-state index contributed by atoms with van der Waals surface area (Å²) in [7, 11) is 0. The van der Waals surface area contributed by atoms with Crippen LogP contribution in [0.15, 0.2) is 18.3 Å². The van der Waals surface area contributed by atoms with Crippen molar-refractivity contribution in [3.05, 3.63) is 24.0 Å². The maximum absolute atomic E-state index is 12.0. The predicted octanol–water partition coefficient (Wildman–Crippen LogP) is 2.43. The number of amides is 1. The molecule has 1 fully saturated rings. The molecule has 98 valence electrons. The molecule has 1 atom stereocenters. The molecule has 0 saturated heterocycles. The molecule has 1 unspecified atom stereocenters. The highest BCUT2D eigenvalue weighted by Gasteiger charge is 2.24. The fraction of sp³-hybridized carbons (Fsp3) is 0.571. The van der Waals surface area contributed by atoms with Gasteiger partial charge in [-0.3, -0.25) is 9.78 Å². The van der Waals surface area contributed by atoms with Gasteiger partial charge in [0.2, 0.25) is 0 Å². The molecule has 1 heterocycles. The van der Waals surface area contributed by atoms with E-state index in [4.69, 9.17) is 0 Å². The molecule has 0 bridgehead atoms. The monoisotopic (exact) mass is 247 g/mol. The van der Waals surface area contributed by atoms with Crippen molar-refractivity contribution in [2.75, 3.05) is 11.9 Å². The van der Waals surface area contributed by atoms with Crippen molar-refractivity contribution in [3.63, 3.8) is 0 Å². The maximum Gasteiger partial charge on any atom is 0.270 e. The van der Waals surface area contributed by atoms with E-state index in [1.165, 1.54) is 12.8 Å². The summed E-state index contributed by atoms with van der Waals surface area (Å²) in [5.74, 6) is 0.740. The van der Waals surface area contributed by atoms with Crippen LogP contribution in [0.3, 0.4) is 0 Å². The number of aromatic nitrogens is 1. The Labute approximate surface area is 108 Å². The Kier molecular flexibility index (Phi) is 4.18. The van der Waals surface area contributed by atoms with Crippen LogP contribution < -0.4 is 10.6 Å². The highest BCUT2D eigenvalue weighted by atomic mass is 16.1. The number of rotatable bonds is 6. The van der Waals surface area contributed by atoms with Crippen LogP contribution in [0, 0.1) is 5.92 Å². The molecule has 0 radical (unpaired) electrons. The highest BCUT2D eigenvalue weighted by Crippen LogP contribution is 2.33. The van der Waals surface area contributed by atoms with E-state index in [0.717, 1.165) is 24.6 Å². The van der Waals surface area contributed by atoms with Gasteiger partial charge in [-0.05, 0) is 38.3 Å². The van der Waals surface area contributed by atoms with Gasteiger partial charge in [-0.1, -0.05) is 12.8 Å². The average Bonchev–Trinajstić information content (AvgIpc) is 3.13. The summed E-state index contributed by atoms with van der Waals surface area (Å²) in [6, 6.07) is 3.89. The second kappa shape index (κ2) is 5.85. The molecule has 2 rings (SSSR count). The van der Waals surface area contributed by atoms with Crippen molar-refractivity contribution in [2.24, 2.45) is 5.92 Å². The molecule has 1 saturated carbocycles. The second-order valence-electron chi connectivity index (χ2n) is 5.01. The summed E-state index contributed by atoms with van der Waals surface area (Å²) < 4.78 is 0. The average molecular weight is 247 g/mol. The van der Waals surface area contributed by atoms with E-state index in [0.29, 0.717) is 5.69 Å². The van der Waals surface area contributed by atoms with Gasteiger partial charge in [0.05, 0.1) is 0 Å².